The van der Waals surface area contributed by atoms with E-state index < -0.39 is 18.1 Å². The van der Waals surface area contributed by atoms with Crippen LogP contribution in [0.1, 0.15) is 47.0 Å². The number of rotatable bonds is 18. The summed E-state index contributed by atoms with van der Waals surface area (Å²) in [5.41, 5.74) is 5.02. The number of carbonyl (C=O) groups is 4. The molecule has 0 spiro atoms. The highest BCUT2D eigenvalue weighted by atomic mass is 32.1. The Morgan fingerprint density at radius 1 is 0.909 bits per heavy atom. The van der Waals surface area contributed by atoms with Crippen molar-refractivity contribution in [3.8, 4) is 0 Å². The molecule has 11 nitrogen and oxygen atoms in total. The summed E-state index contributed by atoms with van der Waals surface area (Å²) in [4.78, 5) is 46.2. The average Bonchev–Trinajstić information content (AvgIpc) is 2.71. The lowest BCUT2D eigenvalue weighted by molar-refractivity contribution is -0.128. The molecule has 0 aromatic heterocycles. The number of primary amides is 1. The zero-order chi connectivity index (χ0) is 25.2. The van der Waals surface area contributed by atoms with Gasteiger partial charge in [-0.25, -0.2) is 4.79 Å². The van der Waals surface area contributed by atoms with E-state index in [-0.39, 0.29) is 23.4 Å². The van der Waals surface area contributed by atoms with E-state index in [9.17, 15) is 19.2 Å². The molecule has 0 aliphatic heterocycles. The lowest BCUT2D eigenvalue weighted by Crippen LogP contribution is -2.55. The number of thiocarbonyl (C=S) groups is 1. The van der Waals surface area contributed by atoms with Crippen LogP contribution in [-0.2, 0) is 23.9 Å². The molecule has 0 saturated carbocycles. The second-order valence-corrected chi connectivity index (χ2v) is 8.31. The monoisotopic (exact) mass is 489 g/mol. The molecule has 0 aliphatic rings. The molecule has 0 saturated heterocycles. The maximum atomic E-state index is 12.8. The Kier molecular flexibility index (Phi) is 16.9. The Hall–Kier alpha value is -2.31. The molecule has 0 aromatic rings. The molecule has 0 heterocycles. The van der Waals surface area contributed by atoms with Gasteiger partial charge in [0.25, 0.3) is 0 Å². The highest BCUT2D eigenvalue weighted by Crippen LogP contribution is 2.05. The lowest BCUT2D eigenvalue weighted by Gasteiger charge is -2.26. The third-order valence-corrected chi connectivity index (χ3v) is 4.78. The van der Waals surface area contributed by atoms with E-state index in [1.807, 2.05) is 13.8 Å². The molecule has 6 N–H and O–H groups in total. The molecule has 3 amide bonds. The number of ether oxygens (including phenoxy) is 2. The van der Waals surface area contributed by atoms with Gasteiger partial charge in [0.05, 0.1) is 32.5 Å². The number of hydrogen-bond donors (Lipinski definition) is 5. The van der Waals surface area contributed by atoms with Gasteiger partial charge in [0.1, 0.15) is 11.8 Å². The Morgan fingerprint density at radius 3 is 2.09 bits per heavy atom. The molecule has 12 heteroatoms. The normalized spacial score (nSPS) is 12.5. The zero-order valence-electron chi connectivity index (χ0n) is 20.0. The van der Waals surface area contributed by atoms with Gasteiger partial charge in [-0.05, 0) is 44.8 Å². The lowest BCUT2D eigenvalue weighted by atomic mass is 10.0. The first-order valence-corrected chi connectivity index (χ1v) is 11.5. The van der Waals surface area contributed by atoms with Crippen molar-refractivity contribution in [3.05, 3.63) is 0 Å². The van der Waals surface area contributed by atoms with Gasteiger partial charge in [0.2, 0.25) is 5.91 Å². The van der Waals surface area contributed by atoms with E-state index >= 15 is 0 Å². The van der Waals surface area contributed by atoms with E-state index in [0.29, 0.717) is 63.9 Å². The zero-order valence-corrected chi connectivity index (χ0v) is 20.8. The second-order valence-electron chi connectivity index (χ2n) is 7.90. The Morgan fingerprint density at radius 2 is 1.55 bits per heavy atom. The minimum atomic E-state index is -0.664. The fourth-order valence-corrected chi connectivity index (χ4v) is 2.89. The van der Waals surface area contributed by atoms with Crippen molar-refractivity contribution in [1.82, 2.24) is 21.3 Å². The SMILES string of the molecule is CC(=O)CCOCCOCCNC(=S)N[C@H](C(=O)N[C@@H](CCCNC(N)=O)C(C)=O)C(C)C. The summed E-state index contributed by atoms with van der Waals surface area (Å²) in [6.07, 6.45) is 1.27. The molecule has 0 aromatic carbocycles. The smallest absolute Gasteiger partial charge is 0.312 e. The molecule has 2 atom stereocenters. The van der Waals surface area contributed by atoms with Crippen LogP contribution in [-0.4, -0.2) is 80.2 Å². The van der Waals surface area contributed by atoms with Crippen molar-refractivity contribution in [2.75, 3.05) is 39.5 Å². The second kappa shape index (κ2) is 18.2. The van der Waals surface area contributed by atoms with Crippen LogP contribution in [0.15, 0.2) is 0 Å². The summed E-state index contributed by atoms with van der Waals surface area (Å²) < 4.78 is 10.7. The van der Waals surface area contributed by atoms with Gasteiger partial charge in [0.15, 0.2) is 10.9 Å². The predicted molar refractivity (Wildman–Crippen MR) is 129 cm³/mol. The maximum Gasteiger partial charge on any atom is 0.312 e. The minimum absolute atomic E-state index is 0.0858. The highest BCUT2D eigenvalue weighted by molar-refractivity contribution is 7.80. The summed E-state index contributed by atoms with van der Waals surface area (Å²) in [5.74, 6) is -0.509. The molecular formula is C21H39N5O6S. The van der Waals surface area contributed by atoms with Crippen molar-refractivity contribution in [3.63, 3.8) is 0 Å². The van der Waals surface area contributed by atoms with Gasteiger partial charge in [-0.1, -0.05) is 13.8 Å². The fraction of sp³-hybridized carbons (Fsp3) is 0.762. The predicted octanol–water partition coefficient (Wildman–Crippen LogP) is 0.00970. The van der Waals surface area contributed by atoms with E-state index in [4.69, 9.17) is 27.4 Å². The van der Waals surface area contributed by atoms with E-state index in [2.05, 4.69) is 21.3 Å². The standard InChI is InChI=1S/C21H39N5O6S/c1-14(2)18(19(29)25-17(16(4)28)6-5-8-23-20(22)30)26-21(33)24-9-11-32-13-12-31-10-7-15(3)27/h14,17-18H,5-13H2,1-4H3,(H,25,29)(H3,22,23,30)(H2,24,26,33)/t17-,18-/m0/s1. The molecule has 0 fully saturated rings. The first-order valence-electron chi connectivity index (χ1n) is 11.1. The van der Waals surface area contributed by atoms with E-state index in [1.165, 1.54) is 13.8 Å². The molecule has 0 radical (unpaired) electrons. The fourth-order valence-electron chi connectivity index (χ4n) is 2.66. The highest BCUT2D eigenvalue weighted by Gasteiger charge is 2.26. The van der Waals surface area contributed by atoms with E-state index in [1.54, 1.807) is 0 Å². The van der Waals surface area contributed by atoms with Crippen molar-refractivity contribution in [2.24, 2.45) is 11.7 Å². The number of ketones is 2. The molecule has 0 aliphatic carbocycles. The summed E-state index contributed by atoms with van der Waals surface area (Å²) in [6.45, 7) is 9.01. The van der Waals surface area contributed by atoms with Crippen molar-refractivity contribution in [2.45, 2.75) is 59.0 Å². The molecular weight excluding hydrogens is 450 g/mol. The van der Waals surface area contributed by atoms with Crippen molar-refractivity contribution < 1.29 is 28.7 Å². The van der Waals surface area contributed by atoms with Crippen molar-refractivity contribution in [1.29, 1.82) is 0 Å². The van der Waals surface area contributed by atoms with E-state index in [0.717, 1.165) is 0 Å². The molecule has 33 heavy (non-hydrogen) atoms. The number of nitrogens with two attached hydrogens (primary N) is 1. The van der Waals surface area contributed by atoms with Gasteiger partial charge >= 0.3 is 6.03 Å². The topological polar surface area (TPSA) is 161 Å². The Balaban J connectivity index is 4.32. The van der Waals surface area contributed by atoms with Gasteiger partial charge in [-0.15, -0.1) is 0 Å². The first-order chi connectivity index (χ1) is 15.5. The van der Waals surface area contributed by atoms with Gasteiger partial charge in [0, 0.05) is 19.5 Å². The van der Waals surface area contributed by atoms with Crippen LogP contribution in [0.25, 0.3) is 0 Å². The average molecular weight is 490 g/mol. The van der Waals surface area contributed by atoms with Crippen LogP contribution >= 0.6 is 12.2 Å². The first kappa shape index (κ1) is 30.7. The quantitative estimate of drug-likeness (QED) is 0.132. The largest absolute Gasteiger partial charge is 0.379 e. The van der Waals surface area contributed by atoms with Gasteiger partial charge < -0.3 is 36.5 Å². The van der Waals surface area contributed by atoms with Gasteiger partial charge in [-0.2, -0.15) is 0 Å². The number of nitrogens with one attached hydrogen (secondary N) is 4. The molecule has 190 valence electrons. The van der Waals surface area contributed by atoms with Crippen molar-refractivity contribution >= 4 is 40.8 Å². The summed E-state index contributed by atoms with van der Waals surface area (Å²) in [5, 5.41) is 11.5. The van der Waals surface area contributed by atoms with Crippen LogP contribution in [0.4, 0.5) is 4.79 Å². The van der Waals surface area contributed by atoms with Crippen LogP contribution in [0.3, 0.4) is 0 Å². The summed E-state index contributed by atoms with van der Waals surface area (Å²) in [6, 6.07) is -1.93. The summed E-state index contributed by atoms with van der Waals surface area (Å²) >= 11 is 5.27. The number of amides is 3. The number of carbonyl (C=O) groups excluding carboxylic acids is 4. The third kappa shape index (κ3) is 16.9. The molecule has 0 bridgehead atoms. The number of urea groups is 1. The Bertz CT molecular complexity index is 647. The third-order valence-electron chi connectivity index (χ3n) is 4.51. The van der Waals surface area contributed by atoms with Crippen LogP contribution in [0.5, 0.6) is 0 Å². The maximum absolute atomic E-state index is 12.8. The molecule has 0 rings (SSSR count). The van der Waals surface area contributed by atoms with Crippen LogP contribution in [0.2, 0.25) is 0 Å². The van der Waals surface area contributed by atoms with Gasteiger partial charge in [-0.3, -0.25) is 14.4 Å². The van der Waals surface area contributed by atoms with Crippen LogP contribution < -0.4 is 27.0 Å². The van der Waals surface area contributed by atoms with Crippen LogP contribution in [0, 0.1) is 5.92 Å². The summed E-state index contributed by atoms with van der Waals surface area (Å²) in [7, 11) is 0. The number of Topliss-reactive ketones (excluding diaryl/α,β-unsaturated/α-hetero) is 2. The molecule has 0 unspecified atom stereocenters. The Labute approximate surface area is 201 Å². The number of hydrogen-bond acceptors (Lipinski definition) is 7. The minimum Gasteiger partial charge on any atom is -0.379 e.